The molecule has 2 aliphatic heterocycles. The largest absolute Gasteiger partial charge is 0.481 e. The third-order valence-electron chi connectivity index (χ3n) is 6.36. The second-order valence-electron chi connectivity index (χ2n) is 8.62. The van der Waals surface area contributed by atoms with Gasteiger partial charge in [0.1, 0.15) is 5.82 Å². The van der Waals surface area contributed by atoms with Crippen LogP contribution < -0.4 is 15.1 Å². The third kappa shape index (κ3) is 5.75. The van der Waals surface area contributed by atoms with Crippen molar-refractivity contribution in [1.82, 2.24) is 9.97 Å². The Kier molecular flexibility index (Phi) is 7.19. The molecule has 1 aromatic carbocycles. The Morgan fingerprint density at radius 2 is 1.69 bits per heavy atom. The molecule has 0 saturated carbocycles. The normalized spacial score (nSPS) is 17.2. The fourth-order valence-corrected chi connectivity index (χ4v) is 4.41. The smallest absolute Gasteiger partial charge is 0.306 e. The van der Waals surface area contributed by atoms with Crippen molar-refractivity contribution in [3.8, 4) is 0 Å². The van der Waals surface area contributed by atoms with Crippen LogP contribution in [0.2, 0.25) is 0 Å². The van der Waals surface area contributed by atoms with Crippen LogP contribution in [0.3, 0.4) is 0 Å². The van der Waals surface area contributed by atoms with E-state index in [0.717, 1.165) is 56.1 Å². The Morgan fingerprint density at radius 3 is 2.38 bits per heavy atom. The van der Waals surface area contributed by atoms with Crippen LogP contribution >= 0.6 is 0 Å². The summed E-state index contributed by atoms with van der Waals surface area (Å²) in [7, 11) is 0. The van der Waals surface area contributed by atoms with E-state index in [2.05, 4.69) is 37.2 Å². The minimum Gasteiger partial charge on any atom is -0.481 e. The topological polar surface area (TPSA) is 98.7 Å². The molecule has 0 atom stereocenters. The number of nitrogens with zero attached hydrogens (tertiary/aromatic N) is 4. The standard InChI is InChI=1S/C24H31N5O3/c30-23(27-21-16-25-17-22(26-21)29-12-2-1-3-13-29)9-6-18-4-7-20(8-5-18)28-14-10-19(11-15-28)24(31)32/h4-5,7-8,16-17,19H,1-3,6,9-15H2,(H,31,32)(H,26,27,30). The van der Waals surface area contributed by atoms with Crippen LogP contribution in [0.25, 0.3) is 0 Å². The van der Waals surface area contributed by atoms with Gasteiger partial charge in [0.05, 0.1) is 18.3 Å². The molecule has 170 valence electrons. The highest BCUT2D eigenvalue weighted by atomic mass is 16.4. The monoisotopic (exact) mass is 437 g/mol. The molecule has 2 fully saturated rings. The highest BCUT2D eigenvalue weighted by molar-refractivity contribution is 5.89. The molecular weight excluding hydrogens is 406 g/mol. The maximum Gasteiger partial charge on any atom is 0.306 e. The van der Waals surface area contributed by atoms with E-state index in [4.69, 9.17) is 5.11 Å². The SMILES string of the molecule is O=C(CCc1ccc(N2CCC(C(=O)O)CC2)cc1)Nc1cncc(N2CCCCC2)n1. The summed E-state index contributed by atoms with van der Waals surface area (Å²) < 4.78 is 0. The maximum absolute atomic E-state index is 12.4. The molecule has 0 aliphatic carbocycles. The van der Waals surface area contributed by atoms with Crippen LogP contribution in [0.5, 0.6) is 0 Å². The number of hydrogen-bond donors (Lipinski definition) is 2. The number of nitrogens with one attached hydrogen (secondary N) is 1. The number of amides is 1. The van der Waals surface area contributed by atoms with E-state index in [1.165, 1.54) is 6.42 Å². The molecule has 4 rings (SSSR count). The number of piperidine rings is 2. The summed E-state index contributed by atoms with van der Waals surface area (Å²) in [5.74, 6) is 0.329. The fourth-order valence-electron chi connectivity index (χ4n) is 4.41. The summed E-state index contributed by atoms with van der Waals surface area (Å²) in [4.78, 5) is 36.8. The molecule has 0 bridgehead atoms. The summed E-state index contributed by atoms with van der Waals surface area (Å²) in [6.07, 6.45) is 9.31. The van der Waals surface area contributed by atoms with Gasteiger partial charge in [0.15, 0.2) is 5.82 Å². The first-order chi connectivity index (χ1) is 15.6. The Hall–Kier alpha value is -3.16. The molecule has 32 heavy (non-hydrogen) atoms. The quantitative estimate of drug-likeness (QED) is 0.685. The van der Waals surface area contributed by atoms with Gasteiger partial charge in [-0.2, -0.15) is 0 Å². The summed E-state index contributed by atoms with van der Waals surface area (Å²) in [6.45, 7) is 3.49. The summed E-state index contributed by atoms with van der Waals surface area (Å²) in [6, 6.07) is 8.20. The lowest BCUT2D eigenvalue weighted by Crippen LogP contribution is -2.36. The van der Waals surface area contributed by atoms with E-state index in [9.17, 15) is 9.59 Å². The fraction of sp³-hybridized carbons (Fsp3) is 0.500. The van der Waals surface area contributed by atoms with E-state index in [0.29, 0.717) is 31.5 Å². The first-order valence-electron chi connectivity index (χ1n) is 11.5. The second-order valence-corrected chi connectivity index (χ2v) is 8.62. The Morgan fingerprint density at radius 1 is 0.969 bits per heavy atom. The molecule has 2 aromatic rings. The van der Waals surface area contributed by atoms with Crippen LogP contribution in [0.4, 0.5) is 17.3 Å². The van der Waals surface area contributed by atoms with Crippen LogP contribution in [0.15, 0.2) is 36.7 Å². The number of aryl methyl sites for hydroxylation is 1. The summed E-state index contributed by atoms with van der Waals surface area (Å²) in [5.41, 5.74) is 2.20. The Bertz CT molecular complexity index is 919. The van der Waals surface area contributed by atoms with E-state index in [-0.39, 0.29) is 11.8 Å². The van der Waals surface area contributed by atoms with E-state index in [1.807, 2.05) is 12.1 Å². The van der Waals surface area contributed by atoms with Gasteiger partial charge in [-0.25, -0.2) is 4.98 Å². The predicted octanol–water partition coefficient (Wildman–Crippen LogP) is 3.34. The zero-order valence-electron chi connectivity index (χ0n) is 18.4. The minimum absolute atomic E-state index is 0.0742. The van der Waals surface area contributed by atoms with Gasteiger partial charge in [-0.3, -0.25) is 14.6 Å². The lowest BCUT2D eigenvalue weighted by molar-refractivity contribution is -0.142. The number of aliphatic carboxylic acids is 1. The molecular formula is C24H31N5O3. The van der Waals surface area contributed by atoms with Crippen molar-refractivity contribution >= 4 is 29.2 Å². The number of carboxylic acids is 1. The molecule has 1 aromatic heterocycles. The van der Waals surface area contributed by atoms with E-state index in [1.54, 1.807) is 12.4 Å². The molecule has 0 spiro atoms. The Labute approximate surface area is 188 Å². The summed E-state index contributed by atoms with van der Waals surface area (Å²) >= 11 is 0. The van der Waals surface area contributed by atoms with E-state index >= 15 is 0 Å². The number of anilines is 3. The van der Waals surface area contributed by atoms with Crippen LogP contribution in [0.1, 0.15) is 44.1 Å². The number of carboxylic acid groups (broad SMARTS) is 1. The highest BCUT2D eigenvalue weighted by Crippen LogP contribution is 2.24. The summed E-state index contributed by atoms with van der Waals surface area (Å²) in [5, 5.41) is 12.0. The van der Waals surface area contributed by atoms with Gasteiger partial charge in [-0.1, -0.05) is 12.1 Å². The van der Waals surface area contributed by atoms with Gasteiger partial charge in [0.2, 0.25) is 5.91 Å². The molecule has 2 N–H and O–H groups in total. The maximum atomic E-state index is 12.4. The number of hydrogen-bond acceptors (Lipinski definition) is 6. The lowest BCUT2D eigenvalue weighted by atomic mass is 9.96. The number of carbonyl (C=O) groups excluding carboxylic acids is 1. The molecule has 3 heterocycles. The van der Waals surface area contributed by atoms with Crippen molar-refractivity contribution in [2.45, 2.75) is 44.9 Å². The first-order valence-corrected chi connectivity index (χ1v) is 11.5. The third-order valence-corrected chi connectivity index (χ3v) is 6.36. The van der Waals surface area contributed by atoms with Gasteiger partial charge in [0.25, 0.3) is 0 Å². The van der Waals surface area contributed by atoms with Crippen LogP contribution in [0, 0.1) is 5.92 Å². The average molecular weight is 438 g/mol. The Balaban J connectivity index is 1.25. The molecule has 8 heteroatoms. The molecule has 2 aliphatic rings. The zero-order valence-corrected chi connectivity index (χ0v) is 18.4. The zero-order chi connectivity index (χ0) is 22.3. The number of benzene rings is 1. The van der Waals surface area contributed by atoms with Gasteiger partial charge < -0.3 is 20.2 Å². The average Bonchev–Trinajstić information content (AvgIpc) is 2.84. The number of rotatable bonds is 7. The van der Waals surface area contributed by atoms with Crippen LogP contribution in [-0.4, -0.2) is 53.1 Å². The van der Waals surface area contributed by atoms with E-state index < -0.39 is 5.97 Å². The van der Waals surface area contributed by atoms with Gasteiger partial charge >= 0.3 is 5.97 Å². The minimum atomic E-state index is -0.692. The molecule has 0 unspecified atom stereocenters. The van der Waals surface area contributed by atoms with Crippen molar-refractivity contribution in [3.63, 3.8) is 0 Å². The van der Waals surface area contributed by atoms with Crippen molar-refractivity contribution in [2.24, 2.45) is 5.92 Å². The number of aromatic nitrogens is 2. The van der Waals surface area contributed by atoms with Crippen LogP contribution in [-0.2, 0) is 16.0 Å². The molecule has 1 amide bonds. The molecule has 0 radical (unpaired) electrons. The van der Waals surface area contributed by atoms with Crippen molar-refractivity contribution in [3.05, 3.63) is 42.2 Å². The highest BCUT2D eigenvalue weighted by Gasteiger charge is 2.24. The predicted molar refractivity (Wildman–Crippen MR) is 124 cm³/mol. The molecule has 2 saturated heterocycles. The first kappa shape index (κ1) is 22.0. The van der Waals surface area contributed by atoms with Gasteiger partial charge in [0, 0.05) is 38.3 Å². The van der Waals surface area contributed by atoms with Crippen molar-refractivity contribution < 1.29 is 14.7 Å². The molecule has 8 nitrogen and oxygen atoms in total. The van der Waals surface area contributed by atoms with Crippen molar-refractivity contribution in [2.75, 3.05) is 41.3 Å². The lowest BCUT2D eigenvalue weighted by Gasteiger charge is -2.32. The van der Waals surface area contributed by atoms with Crippen molar-refractivity contribution in [1.29, 1.82) is 0 Å². The second kappa shape index (κ2) is 10.4. The number of carbonyl (C=O) groups is 2. The van der Waals surface area contributed by atoms with Gasteiger partial charge in [-0.05, 0) is 56.2 Å². The van der Waals surface area contributed by atoms with Gasteiger partial charge in [-0.15, -0.1) is 0 Å².